The Hall–Kier alpha value is -0.690. The molecule has 0 saturated heterocycles. The minimum absolute atomic E-state index is 0.507. The molecular weight excluding hydrogens is 152 g/mol. The van der Waals surface area contributed by atoms with Crippen LogP contribution < -0.4 is 0 Å². The van der Waals surface area contributed by atoms with Crippen LogP contribution in [-0.4, -0.2) is 5.37 Å². The largest absolute Gasteiger partial charge is 0.0932 e. The van der Waals surface area contributed by atoms with E-state index in [1.165, 1.54) is 5.56 Å². The fourth-order valence-corrected chi connectivity index (χ4v) is 1.13. The van der Waals surface area contributed by atoms with E-state index in [2.05, 4.69) is 31.2 Å². The van der Waals surface area contributed by atoms with Crippen molar-refractivity contribution >= 4 is 17.6 Å². The van der Waals surface area contributed by atoms with E-state index in [1.807, 2.05) is 11.4 Å². The van der Waals surface area contributed by atoms with E-state index in [1.54, 1.807) is 0 Å². The van der Waals surface area contributed by atoms with Crippen LogP contribution in [0.4, 0.5) is 0 Å². The minimum Gasteiger partial charge on any atom is -0.0932 e. The summed E-state index contributed by atoms with van der Waals surface area (Å²) < 4.78 is 0. The molecule has 0 N–H and O–H groups in total. The molecule has 0 radical (unpaired) electrons. The van der Waals surface area contributed by atoms with Gasteiger partial charge in [0.05, 0.1) is 0 Å². The number of rotatable bonds is 3. The fourth-order valence-electron chi connectivity index (χ4n) is 1.03. The van der Waals surface area contributed by atoms with Crippen LogP contribution in [0.1, 0.15) is 12.5 Å². The molecule has 0 aromatic heterocycles. The maximum atomic E-state index is 4.85. The molecule has 0 aliphatic rings. The zero-order chi connectivity index (χ0) is 8.10. The summed E-state index contributed by atoms with van der Waals surface area (Å²) >= 11 is 4.85. The minimum atomic E-state index is 0.507. The van der Waals surface area contributed by atoms with Crippen molar-refractivity contribution in [2.75, 3.05) is 0 Å². The Kier molecular flexibility index (Phi) is 3.24. The van der Waals surface area contributed by atoms with E-state index in [0.29, 0.717) is 5.92 Å². The summed E-state index contributed by atoms with van der Waals surface area (Å²) in [5, 5.41) is 1.83. The fraction of sp³-hybridized carbons (Fsp3) is 0.300. The lowest BCUT2D eigenvalue weighted by molar-refractivity contribution is 0.792. The van der Waals surface area contributed by atoms with Crippen molar-refractivity contribution in [2.24, 2.45) is 5.92 Å². The van der Waals surface area contributed by atoms with Crippen molar-refractivity contribution in [3.05, 3.63) is 35.9 Å². The summed E-state index contributed by atoms with van der Waals surface area (Å²) in [7, 11) is 0. The van der Waals surface area contributed by atoms with E-state index in [4.69, 9.17) is 12.2 Å². The van der Waals surface area contributed by atoms with E-state index in [9.17, 15) is 0 Å². The maximum Gasteiger partial charge on any atom is -0.0116 e. The molecule has 0 spiro atoms. The smallest absolute Gasteiger partial charge is 0.0116 e. The second kappa shape index (κ2) is 4.24. The van der Waals surface area contributed by atoms with Crippen LogP contribution in [0.2, 0.25) is 0 Å². The molecule has 1 atom stereocenters. The third kappa shape index (κ3) is 2.81. The first-order chi connectivity index (χ1) is 5.33. The Morgan fingerprint density at radius 2 is 2.00 bits per heavy atom. The van der Waals surface area contributed by atoms with Gasteiger partial charge in [-0.1, -0.05) is 49.5 Å². The maximum absolute atomic E-state index is 4.85. The molecular formula is C10H12S. The SMILES string of the molecule is CC(C=S)Cc1ccccc1. The summed E-state index contributed by atoms with van der Waals surface area (Å²) in [6, 6.07) is 10.4. The van der Waals surface area contributed by atoms with Gasteiger partial charge in [0.1, 0.15) is 0 Å². The molecule has 0 saturated carbocycles. The first kappa shape index (κ1) is 8.41. The average Bonchev–Trinajstić information content (AvgIpc) is 2.06. The lowest BCUT2D eigenvalue weighted by atomic mass is 10.0. The van der Waals surface area contributed by atoms with Gasteiger partial charge < -0.3 is 0 Å². The lowest BCUT2D eigenvalue weighted by Crippen LogP contribution is -1.98. The van der Waals surface area contributed by atoms with Gasteiger partial charge in [0.15, 0.2) is 0 Å². The van der Waals surface area contributed by atoms with Crippen LogP contribution in [0.5, 0.6) is 0 Å². The first-order valence-electron chi connectivity index (χ1n) is 3.82. The third-order valence-corrected chi connectivity index (χ3v) is 2.10. The van der Waals surface area contributed by atoms with Gasteiger partial charge >= 0.3 is 0 Å². The topological polar surface area (TPSA) is 0 Å². The van der Waals surface area contributed by atoms with Gasteiger partial charge in [0.25, 0.3) is 0 Å². The van der Waals surface area contributed by atoms with Crippen molar-refractivity contribution in [3.63, 3.8) is 0 Å². The Bertz CT molecular complexity index is 216. The van der Waals surface area contributed by atoms with Crippen LogP contribution >= 0.6 is 12.2 Å². The second-order valence-electron chi connectivity index (χ2n) is 2.80. The summed E-state index contributed by atoms with van der Waals surface area (Å²) in [6.07, 6.45) is 1.06. The number of hydrogen-bond acceptors (Lipinski definition) is 1. The molecule has 0 aliphatic heterocycles. The van der Waals surface area contributed by atoms with E-state index < -0.39 is 0 Å². The Morgan fingerprint density at radius 1 is 1.36 bits per heavy atom. The molecule has 1 unspecified atom stereocenters. The number of benzene rings is 1. The zero-order valence-electron chi connectivity index (χ0n) is 6.66. The molecule has 1 heteroatoms. The van der Waals surface area contributed by atoms with E-state index in [-0.39, 0.29) is 0 Å². The Balaban J connectivity index is 2.57. The number of hydrogen-bond donors (Lipinski definition) is 0. The second-order valence-corrected chi connectivity index (χ2v) is 3.08. The molecule has 58 valence electrons. The highest BCUT2D eigenvalue weighted by atomic mass is 32.1. The molecule has 0 aliphatic carbocycles. The molecule has 1 aromatic rings. The molecule has 0 bridgehead atoms. The predicted octanol–water partition coefficient (Wildman–Crippen LogP) is 2.86. The van der Waals surface area contributed by atoms with Crippen LogP contribution in [0.15, 0.2) is 30.3 Å². The van der Waals surface area contributed by atoms with Crippen molar-refractivity contribution < 1.29 is 0 Å². The van der Waals surface area contributed by atoms with Gasteiger partial charge in [-0.2, -0.15) is 0 Å². The molecule has 1 rings (SSSR count). The predicted molar refractivity (Wildman–Crippen MR) is 53.0 cm³/mol. The van der Waals surface area contributed by atoms with Gasteiger partial charge in [0.2, 0.25) is 0 Å². The van der Waals surface area contributed by atoms with Gasteiger partial charge in [-0.05, 0) is 23.3 Å². The van der Waals surface area contributed by atoms with Gasteiger partial charge in [-0.15, -0.1) is 0 Å². The molecule has 1 aromatic carbocycles. The van der Waals surface area contributed by atoms with E-state index >= 15 is 0 Å². The Labute approximate surface area is 73.2 Å². The molecule has 0 nitrogen and oxygen atoms in total. The van der Waals surface area contributed by atoms with Gasteiger partial charge in [0, 0.05) is 0 Å². The number of thiocarbonyl (C=S) groups is 1. The Morgan fingerprint density at radius 3 is 2.55 bits per heavy atom. The lowest BCUT2D eigenvalue weighted by Gasteiger charge is -2.03. The first-order valence-corrected chi connectivity index (χ1v) is 4.29. The highest BCUT2D eigenvalue weighted by Gasteiger charge is 1.97. The summed E-state index contributed by atoms with van der Waals surface area (Å²) in [4.78, 5) is 0. The van der Waals surface area contributed by atoms with Gasteiger partial charge in [-0.25, -0.2) is 0 Å². The van der Waals surface area contributed by atoms with Crippen molar-refractivity contribution in [2.45, 2.75) is 13.3 Å². The van der Waals surface area contributed by atoms with Crippen molar-refractivity contribution in [3.8, 4) is 0 Å². The van der Waals surface area contributed by atoms with Gasteiger partial charge in [-0.3, -0.25) is 0 Å². The normalized spacial score (nSPS) is 12.5. The van der Waals surface area contributed by atoms with Crippen LogP contribution in [0.25, 0.3) is 0 Å². The average molecular weight is 164 g/mol. The van der Waals surface area contributed by atoms with E-state index in [0.717, 1.165) is 6.42 Å². The monoisotopic (exact) mass is 164 g/mol. The molecule has 0 amide bonds. The molecule has 11 heavy (non-hydrogen) atoms. The standard InChI is InChI=1S/C10H12S/c1-9(8-11)7-10-5-3-2-4-6-10/h2-6,8-9H,7H2,1H3. The molecule has 0 heterocycles. The summed E-state index contributed by atoms with van der Waals surface area (Å²) in [5.41, 5.74) is 1.36. The highest BCUT2D eigenvalue weighted by Crippen LogP contribution is 2.05. The zero-order valence-corrected chi connectivity index (χ0v) is 7.47. The van der Waals surface area contributed by atoms with Crippen LogP contribution in [-0.2, 0) is 6.42 Å². The highest BCUT2D eigenvalue weighted by molar-refractivity contribution is 7.79. The summed E-state index contributed by atoms with van der Waals surface area (Å²) in [6.45, 7) is 2.14. The molecule has 0 fully saturated rings. The van der Waals surface area contributed by atoms with Crippen molar-refractivity contribution in [1.29, 1.82) is 0 Å². The third-order valence-electron chi connectivity index (χ3n) is 1.63. The van der Waals surface area contributed by atoms with Crippen molar-refractivity contribution in [1.82, 2.24) is 0 Å². The quantitative estimate of drug-likeness (QED) is 0.619. The van der Waals surface area contributed by atoms with Crippen LogP contribution in [0, 0.1) is 5.92 Å². The summed E-state index contributed by atoms with van der Waals surface area (Å²) in [5.74, 6) is 0.507. The van der Waals surface area contributed by atoms with Crippen LogP contribution in [0.3, 0.4) is 0 Å².